The SMILES string of the molecule is CC#N.CN1CCOCC1.ClCCl.ClCCl.NCCCN[C@H]1CS(=O)(=O)C[C@@H]1S(=O)(=O)c1ccc(Cl)cc1.O=C(COc1cccc2c1C(=O)N(C1CCC(=O)NC1=O)C2=O)NCCCN[C@H]1CS(=O)(=O)C[C@@H]1S(=O)(=O)c1ccc(Cl)cc1.O=C(O)COc1cccc2c1C(=O)N(C1CCC(=O)NC1=O)C2=O.O=S1(=O)C=CC(Sc2ccc(Cl)cc2)C1. The van der Waals surface area contributed by atoms with Crippen LogP contribution < -0.4 is 41.8 Å². The number of piperidine rings is 2. The third-order valence-electron chi connectivity index (χ3n) is 18.4. The summed E-state index contributed by atoms with van der Waals surface area (Å²) in [5.74, 6) is -8.32. The summed E-state index contributed by atoms with van der Waals surface area (Å²) in [6, 6.07) is 25.3. The van der Waals surface area contributed by atoms with Crippen molar-refractivity contribution >= 4 is 201 Å². The maximum Gasteiger partial charge on any atom is 0.341 e. The first kappa shape index (κ1) is 103. The van der Waals surface area contributed by atoms with Gasteiger partial charge in [-0.2, -0.15) is 5.26 Å². The number of nitriles is 1. The molecule has 3 unspecified atom stereocenters. The first-order valence-electron chi connectivity index (χ1n) is 36.8. The Bertz CT molecular complexity index is 5250. The van der Waals surface area contributed by atoms with Gasteiger partial charge in [0.25, 0.3) is 29.5 Å². The number of morpholine rings is 1. The van der Waals surface area contributed by atoms with Crippen LogP contribution in [0.3, 0.4) is 0 Å². The molecule has 122 heavy (non-hydrogen) atoms. The molecule has 34 nitrogen and oxygen atoms in total. The third-order valence-corrected chi connectivity index (χ3v) is 30.2. The van der Waals surface area contributed by atoms with E-state index in [2.05, 4.69) is 38.5 Å². The maximum absolute atomic E-state index is 13.2. The molecule has 0 radical (unpaired) electrons. The molecule has 13 rings (SSSR count). The standard InChI is InChI=1S/C28H29ClN4O10S2.C15H12N2O7.C13H19ClN2O4S2.C10H9ClO2S2.C5H11NO.C2H3N.2CH2Cl2/c29-16-5-7-17(8-6-16)45(41,42)22-15-44(39,40)14-19(22)30-11-2-12-31-24(35)13-43-21-4-1-3-18-25(21)28(38)33(27(18)37)20-9-10-23(34)32-26(20)36;18-10-5-4-8(13(21)16-10)17-14(22)7-2-1-3-9(12(7)15(17)23)24-6-11(19)20;14-10-2-4-11(5-3-10)22(19,20)13-9-21(17,18)8-12(13)16-7-1-6-15;11-8-1-3-9(4-2-8)14-10-5-6-15(12,13)7-10;1-6-2-4-7-5-3-6;1-2-3;2*2-1-3/h1,3-8,19-20,22,30H,2,9-15H2,(H,31,35)(H,32,34,36);1-3,8H,4-6H2,(H,19,20)(H,16,18,21);2-5,12-13,16H,1,6-9,15H2;1-6,10H,7H2;2-5H2,1H3;1H3;2*1H2/t19-,20?,22-;;12-,13-;;;;;/m0.0...../s1. The number of alkyl halides is 4. The Hall–Kier alpha value is -7.64. The molecule has 0 spiro atoms. The normalized spacial score (nSPS) is 21.4. The minimum absolute atomic E-state index is 0.00103. The summed E-state index contributed by atoms with van der Waals surface area (Å²) >= 11 is 38.0. The van der Waals surface area contributed by atoms with E-state index in [4.69, 9.17) is 112 Å². The molecule has 0 aromatic heterocycles. The van der Waals surface area contributed by atoms with Crippen molar-refractivity contribution < 1.29 is 109 Å². The molecule has 666 valence electrons. The number of fused-ring (bicyclic) bond motifs is 2. The molecular weight excluding hydrogens is 1870 g/mol. The number of hydrogen-bond donors (Lipinski definition) is 7. The van der Waals surface area contributed by atoms with E-state index in [1.165, 1.54) is 109 Å². The fourth-order valence-electron chi connectivity index (χ4n) is 12.7. The second-order valence-electron chi connectivity index (χ2n) is 27.0. The zero-order chi connectivity index (χ0) is 90.5. The fraction of sp³-hybridized carbons (Fsp3) is 0.427. The molecule has 5 aromatic rings. The van der Waals surface area contributed by atoms with Gasteiger partial charge in [0.1, 0.15) is 23.6 Å². The van der Waals surface area contributed by atoms with Crippen LogP contribution in [0.5, 0.6) is 11.5 Å². The van der Waals surface area contributed by atoms with Crippen molar-refractivity contribution in [3.8, 4) is 17.6 Å². The van der Waals surface area contributed by atoms with Crippen molar-refractivity contribution in [1.82, 2.24) is 41.3 Å². The van der Waals surface area contributed by atoms with Crippen LogP contribution in [-0.2, 0) is 82.7 Å². The van der Waals surface area contributed by atoms with Crippen molar-refractivity contribution in [2.75, 3.05) is 112 Å². The molecule has 5 saturated heterocycles. The zero-order valence-corrected chi connectivity index (χ0v) is 75.3. The van der Waals surface area contributed by atoms with Crippen LogP contribution >= 0.6 is 93.0 Å². The van der Waals surface area contributed by atoms with Gasteiger partial charge < -0.3 is 45.9 Å². The van der Waals surface area contributed by atoms with Gasteiger partial charge in [0, 0.05) is 82.1 Å². The predicted octanol–water partition coefficient (Wildman–Crippen LogP) is 5.69. The number of imide groups is 4. The number of sulfone groups is 5. The first-order valence-corrected chi connectivity index (χ1v) is 49.4. The highest BCUT2D eigenvalue weighted by Gasteiger charge is 2.50. The molecule has 7 atom stereocenters. The topological polar surface area (TPSA) is 509 Å². The quantitative estimate of drug-likeness (QED) is 0.0235. The smallest absolute Gasteiger partial charge is 0.341 e. The number of aliphatic carboxylic acids is 1. The average Bonchev–Trinajstić information content (AvgIpc) is 1.60. The Kier molecular flexibility index (Phi) is 41.2. The summed E-state index contributed by atoms with van der Waals surface area (Å²) in [7, 11) is -15.5. The van der Waals surface area contributed by atoms with Gasteiger partial charge in [-0.15, -0.1) is 58.2 Å². The molecule has 0 bridgehead atoms. The van der Waals surface area contributed by atoms with Crippen LogP contribution in [0.4, 0.5) is 0 Å². The van der Waals surface area contributed by atoms with Gasteiger partial charge in [-0.05, 0) is 149 Å². The van der Waals surface area contributed by atoms with Crippen molar-refractivity contribution in [1.29, 1.82) is 5.26 Å². The number of nitrogens with two attached hydrogens (primary N) is 1. The van der Waals surface area contributed by atoms with Crippen LogP contribution in [-0.4, -0.2) is 273 Å². The van der Waals surface area contributed by atoms with Crippen molar-refractivity contribution in [2.24, 2.45) is 5.73 Å². The summed E-state index contributed by atoms with van der Waals surface area (Å²) in [5, 5.41) is 29.9. The largest absolute Gasteiger partial charge is 0.483 e. The molecule has 8 aliphatic heterocycles. The Morgan fingerprint density at radius 3 is 1.37 bits per heavy atom. The van der Waals surface area contributed by atoms with Gasteiger partial charge in [-0.3, -0.25) is 63.6 Å². The number of carboxylic acid groups (broad SMARTS) is 1. The van der Waals surface area contributed by atoms with E-state index in [1.807, 2.05) is 12.1 Å². The molecular formula is C75H87Cl7N10O24S6. The van der Waals surface area contributed by atoms with Crippen LogP contribution in [0.15, 0.2) is 135 Å². The number of amides is 9. The fourth-order valence-corrected chi connectivity index (χ4v) is 25.4. The van der Waals surface area contributed by atoms with E-state index >= 15 is 0 Å². The lowest BCUT2D eigenvalue weighted by atomic mass is 10.0. The molecule has 47 heteroatoms. The lowest BCUT2D eigenvalue weighted by Gasteiger charge is -2.27. The Morgan fingerprint density at radius 1 is 0.598 bits per heavy atom. The lowest BCUT2D eigenvalue weighted by molar-refractivity contribution is -0.139. The van der Waals surface area contributed by atoms with E-state index in [0.29, 0.717) is 41.0 Å². The molecule has 8 heterocycles. The van der Waals surface area contributed by atoms with Crippen molar-refractivity contribution in [2.45, 2.75) is 100 Å². The summed E-state index contributed by atoms with van der Waals surface area (Å²) in [5.41, 5.74) is 5.29. The van der Waals surface area contributed by atoms with Crippen molar-refractivity contribution in [3.63, 3.8) is 0 Å². The van der Waals surface area contributed by atoms with Gasteiger partial charge >= 0.3 is 5.97 Å². The Labute approximate surface area is 744 Å². The van der Waals surface area contributed by atoms with Gasteiger partial charge in [0.2, 0.25) is 23.6 Å². The summed E-state index contributed by atoms with van der Waals surface area (Å²) in [6.45, 7) is 5.60. The van der Waals surface area contributed by atoms with E-state index < -0.39 is 162 Å². The number of carbonyl (C=O) groups excluding carboxylic acids is 9. The number of nitrogens with one attached hydrogen (secondary N) is 5. The first-order chi connectivity index (χ1) is 57.6. The van der Waals surface area contributed by atoms with Crippen LogP contribution in [0.1, 0.15) is 86.9 Å². The molecule has 8 N–H and O–H groups in total. The van der Waals surface area contributed by atoms with E-state index in [9.17, 15) is 90.0 Å². The number of carbonyl (C=O) groups is 10. The summed E-state index contributed by atoms with van der Waals surface area (Å²) in [6.07, 6.45) is 2.77. The van der Waals surface area contributed by atoms with Gasteiger partial charge in [0.15, 0.2) is 62.4 Å². The molecule has 0 saturated carbocycles. The molecule has 9 amide bonds. The average molecular weight is 1950 g/mol. The highest BCUT2D eigenvalue weighted by Crippen LogP contribution is 2.37. The lowest BCUT2D eigenvalue weighted by Crippen LogP contribution is -2.54. The second kappa shape index (κ2) is 48.7. The highest BCUT2D eigenvalue weighted by atomic mass is 35.5. The maximum atomic E-state index is 13.2. The molecule has 8 aliphatic rings. The second-order valence-corrected chi connectivity index (χ2v) is 41.8. The summed E-state index contributed by atoms with van der Waals surface area (Å²) < 4.78 is 138. The summed E-state index contributed by atoms with van der Waals surface area (Å²) in [4.78, 5) is 126. The van der Waals surface area contributed by atoms with Gasteiger partial charge in [-0.25, -0.2) is 46.9 Å². The Morgan fingerprint density at radius 2 is 1.00 bits per heavy atom. The van der Waals surface area contributed by atoms with Crippen LogP contribution in [0, 0.1) is 11.3 Å². The number of benzene rings is 5. The number of rotatable bonds is 23. The number of carboxylic acids is 1. The number of thioether (sulfide) groups is 1. The molecule has 5 aromatic carbocycles. The number of halogens is 7. The molecule has 0 aliphatic carbocycles. The molecule has 5 fully saturated rings. The van der Waals surface area contributed by atoms with E-state index in [0.717, 1.165) is 41.0 Å². The van der Waals surface area contributed by atoms with Gasteiger partial charge in [0.05, 0.1) is 101 Å². The van der Waals surface area contributed by atoms with Crippen molar-refractivity contribution in [3.05, 3.63) is 158 Å². The number of nitrogens with zero attached hydrogens (tertiary/aromatic N) is 4. The predicted molar refractivity (Wildman–Crippen MR) is 459 cm³/mol. The minimum Gasteiger partial charge on any atom is -0.483 e. The van der Waals surface area contributed by atoms with E-state index in [-0.39, 0.29) is 121 Å². The zero-order valence-electron chi connectivity index (χ0n) is 65.2. The Balaban J connectivity index is 0.000000253. The number of likely N-dealkylation sites (N-methyl/N-ethyl adjacent to an activating group) is 1. The van der Waals surface area contributed by atoms with Gasteiger partial charge in [-0.1, -0.05) is 53.0 Å². The van der Waals surface area contributed by atoms with E-state index in [1.54, 1.807) is 24.3 Å². The highest BCUT2D eigenvalue weighted by molar-refractivity contribution is 8.02. The number of ether oxygens (including phenoxy) is 3. The van der Waals surface area contributed by atoms with Crippen LogP contribution in [0.25, 0.3) is 0 Å². The van der Waals surface area contributed by atoms with Crippen LogP contribution in [0.2, 0.25) is 15.1 Å². The monoisotopic (exact) mass is 1950 g/mol. The third kappa shape index (κ3) is 30.3. The minimum atomic E-state index is -3.96. The number of hydrogen-bond acceptors (Lipinski definition) is 29.